The standard InChI is InChI=1S/C34H21N2O2.Pt/c37-30-17-5-4-13-29(30)34-36-33-27(15-8-18-31(33)38-34)24-12-6-11-23(21-24)26-14-7-16-28-25(19-20-35-32(26)28)22-9-2-1-3-10-22;/h1-20,37H;/q-1;. The number of hydrogen-bond acceptors (Lipinski definition) is 4. The van der Waals surface area contributed by atoms with Crippen LogP contribution < -0.4 is 0 Å². The van der Waals surface area contributed by atoms with Gasteiger partial charge in [-0.15, -0.1) is 35.4 Å². The number of pyridine rings is 1. The summed E-state index contributed by atoms with van der Waals surface area (Å²) in [6, 6.07) is 41.4. The van der Waals surface area contributed by atoms with E-state index in [4.69, 9.17) is 14.4 Å². The van der Waals surface area contributed by atoms with Crippen molar-refractivity contribution in [3.8, 4) is 50.6 Å². The number of phenols is 1. The second-order valence-corrected chi connectivity index (χ2v) is 9.09. The van der Waals surface area contributed by atoms with Crippen LogP contribution >= 0.6 is 0 Å². The molecule has 39 heavy (non-hydrogen) atoms. The molecule has 4 nitrogen and oxygen atoms in total. The molecule has 0 atom stereocenters. The van der Waals surface area contributed by atoms with E-state index in [9.17, 15) is 5.11 Å². The first-order valence-corrected chi connectivity index (χ1v) is 12.4. The minimum absolute atomic E-state index is 0. The quantitative estimate of drug-likeness (QED) is 0.189. The van der Waals surface area contributed by atoms with Crippen molar-refractivity contribution in [1.82, 2.24) is 9.97 Å². The van der Waals surface area contributed by atoms with Crippen LogP contribution in [0.2, 0.25) is 0 Å². The summed E-state index contributed by atoms with van der Waals surface area (Å²) in [7, 11) is 0. The van der Waals surface area contributed by atoms with Gasteiger partial charge in [0.25, 0.3) is 0 Å². The van der Waals surface area contributed by atoms with Crippen LogP contribution in [0.1, 0.15) is 0 Å². The largest absolute Gasteiger partial charge is 0.507 e. The number of oxazole rings is 1. The van der Waals surface area contributed by atoms with Crippen LogP contribution in [-0.2, 0) is 21.1 Å². The molecule has 190 valence electrons. The van der Waals surface area contributed by atoms with Gasteiger partial charge < -0.3 is 9.52 Å². The van der Waals surface area contributed by atoms with Gasteiger partial charge in [0.15, 0.2) is 0 Å². The Morgan fingerprint density at radius 3 is 2.05 bits per heavy atom. The molecule has 0 aliphatic carbocycles. The molecule has 7 rings (SSSR count). The smallest absolute Gasteiger partial charge is 0.230 e. The van der Waals surface area contributed by atoms with Crippen molar-refractivity contribution in [3.05, 3.63) is 128 Å². The molecule has 0 fully saturated rings. The van der Waals surface area contributed by atoms with Gasteiger partial charge >= 0.3 is 0 Å². The Bertz CT molecular complexity index is 1950. The summed E-state index contributed by atoms with van der Waals surface area (Å²) in [6.45, 7) is 0. The third kappa shape index (κ3) is 4.43. The Hall–Kier alpha value is -4.53. The fourth-order valence-corrected chi connectivity index (χ4v) is 4.98. The summed E-state index contributed by atoms with van der Waals surface area (Å²) in [5, 5.41) is 11.4. The van der Waals surface area contributed by atoms with Gasteiger partial charge in [-0.3, -0.25) is 4.98 Å². The summed E-state index contributed by atoms with van der Waals surface area (Å²) in [4.78, 5) is 9.53. The average molecular weight is 685 g/mol. The molecule has 7 aromatic rings. The third-order valence-electron chi connectivity index (χ3n) is 6.78. The average Bonchev–Trinajstić information content (AvgIpc) is 3.42. The van der Waals surface area contributed by atoms with Crippen LogP contribution in [-0.4, -0.2) is 15.1 Å². The Kier molecular flexibility index (Phi) is 6.56. The summed E-state index contributed by atoms with van der Waals surface area (Å²) < 4.78 is 6.03. The van der Waals surface area contributed by atoms with E-state index in [1.165, 1.54) is 0 Å². The van der Waals surface area contributed by atoms with E-state index < -0.39 is 0 Å². The predicted octanol–water partition coefficient (Wildman–Crippen LogP) is 8.55. The Labute approximate surface area is 239 Å². The molecule has 0 aliphatic heterocycles. The van der Waals surface area contributed by atoms with Crippen LogP contribution in [0.5, 0.6) is 5.75 Å². The van der Waals surface area contributed by atoms with E-state index in [1.807, 2.05) is 48.7 Å². The number of phenolic OH excluding ortho intramolecular Hbond substituents is 1. The maximum absolute atomic E-state index is 10.3. The van der Waals surface area contributed by atoms with Crippen molar-refractivity contribution in [1.29, 1.82) is 0 Å². The predicted molar refractivity (Wildman–Crippen MR) is 152 cm³/mol. The second-order valence-electron chi connectivity index (χ2n) is 9.09. The van der Waals surface area contributed by atoms with Crippen molar-refractivity contribution in [2.24, 2.45) is 0 Å². The molecule has 1 N–H and O–H groups in total. The van der Waals surface area contributed by atoms with Gasteiger partial charge in [-0.25, -0.2) is 4.98 Å². The zero-order valence-electron chi connectivity index (χ0n) is 20.6. The van der Waals surface area contributed by atoms with E-state index in [0.717, 1.165) is 49.8 Å². The topological polar surface area (TPSA) is 59.2 Å². The molecule has 0 spiro atoms. The van der Waals surface area contributed by atoms with E-state index in [0.29, 0.717) is 17.0 Å². The SMILES string of the molecule is Oc1ccccc1-c1nc2c(-c3[c-]c(-c4cccc5c(-c6ccccc6)ccnc45)ccc3)cccc2o1.[Pt]. The van der Waals surface area contributed by atoms with Gasteiger partial charge in [0.05, 0.1) is 11.1 Å². The number of fused-ring (bicyclic) bond motifs is 2. The first-order chi connectivity index (χ1) is 18.8. The van der Waals surface area contributed by atoms with Crippen molar-refractivity contribution >= 4 is 22.0 Å². The number of hydrogen-bond donors (Lipinski definition) is 1. The zero-order valence-corrected chi connectivity index (χ0v) is 22.9. The molecule has 0 aliphatic rings. The first kappa shape index (κ1) is 24.8. The summed E-state index contributed by atoms with van der Waals surface area (Å²) in [5.74, 6) is 0.515. The molecule has 0 saturated heterocycles. The Balaban J connectivity index is 0.00000277. The van der Waals surface area contributed by atoms with Gasteiger partial charge in [0.1, 0.15) is 11.3 Å². The maximum atomic E-state index is 10.3. The van der Waals surface area contributed by atoms with Crippen LogP contribution in [0, 0.1) is 6.07 Å². The van der Waals surface area contributed by atoms with E-state index >= 15 is 0 Å². The molecule has 0 saturated carbocycles. The van der Waals surface area contributed by atoms with Gasteiger partial charge in [-0.05, 0) is 35.4 Å². The number of rotatable bonds is 4. The maximum Gasteiger partial charge on any atom is 0.230 e. The minimum Gasteiger partial charge on any atom is -0.507 e. The van der Waals surface area contributed by atoms with Crippen molar-refractivity contribution in [2.75, 3.05) is 0 Å². The van der Waals surface area contributed by atoms with Crippen LogP contribution in [0.3, 0.4) is 0 Å². The minimum atomic E-state index is 0. The van der Waals surface area contributed by atoms with Crippen LogP contribution in [0.4, 0.5) is 0 Å². The zero-order chi connectivity index (χ0) is 25.5. The molecule has 0 radical (unpaired) electrons. The molecule has 0 bridgehead atoms. The fraction of sp³-hybridized carbons (Fsp3) is 0. The molecule has 0 amide bonds. The van der Waals surface area contributed by atoms with Crippen LogP contribution in [0.25, 0.3) is 66.8 Å². The van der Waals surface area contributed by atoms with Crippen molar-refractivity contribution < 1.29 is 30.6 Å². The molecular formula is C34H21N2O2Pt-. The van der Waals surface area contributed by atoms with E-state index in [1.54, 1.807) is 18.2 Å². The number of benzene rings is 5. The Morgan fingerprint density at radius 2 is 1.26 bits per heavy atom. The molecule has 5 heteroatoms. The monoisotopic (exact) mass is 684 g/mol. The van der Waals surface area contributed by atoms with Gasteiger partial charge in [0, 0.05) is 38.2 Å². The van der Waals surface area contributed by atoms with E-state index in [-0.39, 0.29) is 26.8 Å². The summed E-state index contributed by atoms with van der Waals surface area (Å²) in [6.07, 6.45) is 1.87. The Morgan fingerprint density at radius 1 is 0.590 bits per heavy atom. The van der Waals surface area contributed by atoms with Gasteiger partial charge in [0.2, 0.25) is 5.89 Å². The molecule has 0 unspecified atom stereocenters. The van der Waals surface area contributed by atoms with E-state index in [2.05, 4.69) is 60.7 Å². The molecule has 2 aromatic heterocycles. The molecule has 2 heterocycles. The number of nitrogens with zero attached hydrogens (tertiary/aromatic N) is 2. The fourth-order valence-electron chi connectivity index (χ4n) is 4.98. The van der Waals surface area contributed by atoms with Crippen LogP contribution in [0.15, 0.2) is 126 Å². The van der Waals surface area contributed by atoms with Crippen molar-refractivity contribution in [3.63, 3.8) is 0 Å². The van der Waals surface area contributed by atoms with Crippen molar-refractivity contribution in [2.45, 2.75) is 0 Å². The second kappa shape index (κ2) is 10.3. The van der Waals surface area contributed by atoms with Gasteiger partial charge in [-0.2, -0.15) is 0 Å². The number of aromatic hydroxyl groups is 1. The number of aromatic nitrogens is 2. The normalized spacial score (nSPS) is 11.0. The molecular weight excluding hydrogens is 663 g/mol. The summed E-state index contributed by atoms with van der Waals surface area (Å²) in [5.41, 5.74) is 8.96. The van der Waals surface area contributed by atoms with Gasteiger partial charge in [-0.1, -0.05) is 83.9 Å². The first-order valence-electron chi connectivity index (χ1n) is 12.4. The molecule has 5 aromatic carbocycles. The third-order valence-corrected chi connectivity index (χ3v) is 6.78. The summed E-state index contributed by atoms with van der Waals surface area (Å²) >= 11 is 0. The number of para-hydroxylation sites is 3.